The molecule has 0 unspecified atom stereocenters. The van der Waals surface area contributed by atoms with Gasteiger partial charge in [0, 0.05) is 0 Å². The van der Waals surface area contributed by atoms with Gasteiger partial charge in [0.1, 0.15) is 23.0 Å². The molecule has 2 amide bonds. The molecule has 1 aliphatic rings. The number of amides is 2. The number of nitrogens with zero attached hydrogens (tertiary/aromatic N) is 1. The number of hydrogen-bond acceptors (Lipinski definition) is 5. The molecule has 6 nitrogen and oxygen atoms in total. The lowest BCUT2D eigenvalue weighted by Crippen LogP contribution is -2.32. The van der Waals surface area contributed by atoms with Gasteiger partial charge in [0.05, 0.1) is 30.2 Å². The van der Waals surface area contributed by atoms with Crippen LogP contribution in [0.15, 0.2) is 78.5 Å². The zero-order valence-corrected chi connectivity index (χ0v) is 18.3. The Kier molecular flexibility index (Phi) is 6.40. The number of benzene rings is 3. The number of halogens is 1. The summed E-state index contributed by atoms with van der Waals surface area (Å²) < 4.78 is 25.0. The highest BCUT2D eigenvalue weighted by Crippen LogP contribution is 2.36. The summed E-state index contributed by atoms with van der Waals surface area (Å²) >= 11 is 0. The molecule has 0 saturated carbocycles. The molecule has 0 aliphatic carbocycles. The van der Waals surface area contributed by atoms with Gasteiger partial charge in [-0.2, -0.15) is 0 Å². The Labute approximate surface area is 191 Å². The molecule has 33 heavy (non-hydrogen) atoms. The van der Waals surface area contributed by atoms with Crippen molar-refractivity contribution in [1.82, 2.24) is 0 Å². The zero-order chi connectivity index (χ0) is 23.4. The van der Waals surface area contributed by atoms with Gasteiger partial charge in [0.15, 0.2) is 0 Å². The van der Waals surface area contributed by atoms with Gasteiger partial charge >= 0.3 is 0 Å². The summed E-state index contributed by atoms with van der Waals surface area (Å²) in [5.74, 6) is -0.481. The highest BCUT2D eigenvalue weighted by atomic mass is 19.1. The molecule has 4 rings (SSSR count). The Morgan fingerprint density at radius 1 is 0.848 bits per heavy atom. The summed E-state index contributed by atoms with van der Waals surface area (Å²) in [7, 11) is 0. The first-order valence-electron chi connectivity index (χ1n) is 10.6. The van der Waals surface area contributed by atoms with Crippen LogP contribution in [0.3, 0.4) is 0 Å². The molecule has 0 fully saturated rings. The molecule has 0 spiro atoms. The second-order valence-electron chi connectivity index (χ2n) is 7.19. The van der Waals surface area contributed by atoms with E-state index in [9.17, 15) is 14.0 Å². The van der Waals surface area contributed by atoms with Crippen LogP contribution >= 0.6 is 0 Å². The van der Waals surface area contributed by atoms with Crippen LogP contribution in [0, 0.1) is 5.82 Å². The van der Waals surface area contributed by atoms with E-state index in [0.29, 0.717) is 36.0 Å². The Bertz CT molecular complexity index is 1220. The molecule has 0 aromatic heterocycles. The first-order valence-corrected chi connectivity index (χ1v) is 10.6. The van der Waals surface area contributed by atoms with E-state index in [1.807, 2.05) is 19.9 Å². The zero-order valence-electron chi connectivity index (χ0n) is 18.3. The SMILES string of the molecule is CCOc1ccc(C2=C(Nc3ccccc3OCC)C(=O)N(c3cccc(F)c3)C2=O)cc1. The monoisotopic (exact) mass is 446 g/mol. The molecule has 0 radical (unpaired) electrons. The van der Waals surface area contributed by atoms with Crippen LogP contribution in [0.25, 0.3) is 5.57 Å². The number of ether oxygens (including phenoxy) is 2. The lowest BCUT2D eigenvalue weighted by Gasteiger charge is -2.16. The van der Waals surface area contributed by atoms with Crippen molar-refractivity contribution in [3.05, 3.63) is 89.9 Å². The number of carbonyl (C=O) groups is 2. The molecule has 0 saturated heterocycles. The molecule has 0 atom stereocenters. The first-order chi connectivity index (χ1) is 16.0. The lowest BCUT2D eigenvalue weighted by molar-refractivity contribution is -0.120. The largest absolute Gasteiger partial charge is 0.494 e. The van der Waals surface area contributed by atoms with E-state index in [-0.39, 0.29) is 17.0 Å². The van der Waals surface area contributed by atoms with E-state index in [1.165, 1.54) is 18.2 Å². The first kappa shape index (κ1) is 22.1. The quantitative estimate of drug-likeness (QED) is 0.492. The minimum Gasteiger partial charge on any atom is -0.494 e. The number of nitrogens with one attached hydrogen (secondary N) is 1. The smallest absolute Gasteiger partial charge is 0.282 e. The average Bonchev–Trinajstić information content (AvgIpc) is 3.05. The number of imide groups is 1. The standard InChI is InChI=1S/C26H23FN2O4/c1-3-32-20-14-12-17(13-15-20)23-24(28-21-10-5-6-11-22(21)33-4-2)26(31)29(25(23)30)19-9-7-8-18(27)16-19/h5-16,28H,3-4H2,1-2H3. The van der Waals surface area contributed by atoms with Gasteiger partial charge in [0.2, 0.25) is 0 Å². The van der Waals surface area contributed by atoms with Crippen molar-refractivity contribution in [3.63, 3.8) is 0 Å². The van der Waals surface area contributed by atoms with Crippen molar-refractivity contribution < 1.29 is 23.5 Å². The number of rotatable bonds is 8. The Morgan fingerprint density at radius 3 is 2.27 bits per heavy atom. The fraction of sp³-hybridized carbons (Fsp3) is 0.154. The molecule has 3 aromatic carbocycles. The van der Waals surface area contributed by atoms with E-state index in [2.05, 4.69) is 5.32 Å². The normalized spacial score (nSPS) is 13.5. The van der Waals surface area contributed by atoms with Gasteiger partial charge in [-0.25, -0.2) is 9.29 Å². The topological polar surface area (TPSA) is 67.9 Å². The van der Waals surface area contributed by atoms with Crippen LogP contribution in [0.1, 0.15) is 19.4 Å². The Balaban J connectivity index is 1.81. The third-order valence-corrected chi connectivity index (χ3v) is 5.05. The van der Waals surface area contributed by atoms with Crippen LogP contribution in [-0.2, 0) is 9.59 Å². The highest BCUT2D eigenvalue weighted by molar-refractivity contribution is 6.46. The number of hydrogen-bond donors (Lipinski definition) is 1. The van der Waals surface area contributed by atoms with Gasteiger partial charge < -0.3 is 14.8 Å². The maximum atomic E-state index is 13.9. The van der Waals surface area contributed by atoms with Crippen LogP contribution in [0.4, 0.5) is 15.8 Å². The van der Waals surface area contributed by atoms with Crippen LogP contribution < -0.4 is 19.7 Å². The van der Waals surface area contributed by atoms with Gasteiger partial charge in [0.25, 0.3) is 11.8 Å². The molecular weight excluding hydrogens is 423 g/mol. The van der Waals surface area contributed by atoms with E-state index in [0.717, 1.165) is 11.0 Å². The lowest BCUT2D eigenvalue weighted by atomic mass is 10.0. The minimum absolute atomic E-state index is 0.0839. The highest BCUT2D eigenvalue weighted by Gasteiger charge is 2.40. The molecular formula is C26H23FN2O4. The van der Waals surface area contributed by atoms with E-state index < -0.39 is 17.6 Å². The average molecular weight is 446 g/mol. The Morgan fingerprint density at radius 2 is 1.58 bits per heavy atom. The third-order valence-electron chi connectivity index (χ3n) is 5.05. The fourth-order valence-electron chi connectivity index (χ4n) is 3.63. The van der Waals surface area contributed by atoms with Gasteiger partial charge in [-0.05, 0) is 61.9 Å². The predicted octanol–water partition coefficient (Wildman–Crippen LogP) is 5.02. The van der Waals surface area contributed by atoms with Gasteiger partial charge in [-0.1, -0.05) is 30.3 Å². The molecule has 1 heterocycles. The maximum absolute atomic E-state index is 13.9. The van der Waals surface area contributed by atoms with Crippen molar-refractivity contribution in [1.29, 1.82) is 0 Å². The predicted molar refractivity (Wildman–Crippen MR) is 125 cm³/mol. The summed E-state index contributed by atoms with van der Waals surface area (Å²) in [6.45, 7) is 4.68. The summed E-state index contributed by atoms with van der Waals surface area (Å²) in [4.78, 5) is 27.9. The van der Waals surface area contributed by atoms with Gasteiger partial charge in [-0.15, -0.1) is 0 Å². The molecule has 1 aliphatic heterocycles. The maximum Gasteiger partial charge on any atom is 0.282 e. The molecule has 0 bridgehead atoms. The summed E-state index contributed by atoms with van der Waals surface area (Å²) in [6, 6.07) is 19.4. The molecule has 3 aromatic rings. The minimum atomic E-state index is -0.583. The molecule has 168 valence electrons. The number of anilines is 2. The van der Waals surface area contributed by atoms with Crippen molar-refractivity contribution in [3.8, 4) is 11.5 Å². The fourth-order valence-corrected chi connectivity index (χ4v) is 3.63. The van der Waals surface area contributed by atoms with Crippen LogP contribution in [0.2, 0.25) is 0 Å². The van der Waals surface area contributed by atoms with Crippen molar-refractivity contribution in [2.45, 2.75) is 13.8 Å². The van der Waals surface area contributed by atoms with Crippen LogP contribution in [0.5, 0.6) is 11.5 Å². The molecule has 1 N–H and O–H groups in total. The van der Waals surface area contributed by atoms with Crippen LogP contribution in [-0.4, -0.2) is 25.0 Å². The molecule has 7 heteroatoms. The van der Waals surface area contributed by atoms with Gasteiger partial charge in [-0.3, -0.25) is 9.59 Å². The van der Waals surface area contributed by atoms with Crippen molar-refractivity contribution >= 4 is 28.8 Å². The summed E-state index contributed by atoms with van der Waals surface area (Å²) in [6.07, 6.45) is 0. The van der Waals surface area contributed by atoms with E-state index in [4.69, 9.17) is 9.47 Å². The van der Waals surface area contributed by atoms with Crippen molar-refractivity contribution in [2.75, 3.05) is 23.4 Å². The second-order valence-corrected chi connectivity index (χ2v) is 7.19. The Hall–Kier alpha value is -4.13. The summed E-state index contributed by atoms with van der Waals surface area (Å²) in [5, 5.41) is 3.09. The third kappa shape index (κ3) is 4.43. The van der Waals surface area contributed by atoms with E-state index in [1.54, 1.807) is 42.5 Å². The van der Waals surface area contributed by atoms with E-state index >= 15 is 0 Å². The second kappa shape index (κ2) is 9.56. The number of para-hydroxylation sites is 2. The summed E-state index contributed by atoms with van der Waals surface area (Å²) in [5.41, 5.74) is 1.50. The number of carbonyl (C=O) groups excluding carboxylic acids is 2. The van der Waals surface area contributed by atoms with Crippen molar-refractivity contribution in [2.24, 2.45) is 0 Å².